The summed E-state index contributed by atoms with van der Waals surface area (Å²) in [4.78, 5) is 24.1. The van der Waals surface area contributed by atoms with Gasteiger partial charge in [-0.15, -0.1) is 0 Å². The molecule has 9 heteroatoms. The molecular weight excluding hydrogens is 400 g/mol. The maximum absolute atomic E-state index is 12.2. The molecule has 149 valence electrons. The highest BCUT2D eigenvalue weighted by Gasteiger charge is 2.18. The van der Waals surface area contributed by atoms with Crippen LogP contribution >= 0.6 is 12.6 Å². The molecule has 0 fully saturated rings. The van der Waals surface area contributed by atoms with Crippen LogP contribution in [0, 0.1) is 6.92 Å². The third-order valence-corrected chi connectivity index (χ3v) is 5.32. The topological polar surface area (TPSA) is 102 Å². The molecule has 0 saturated carbocycles. The van der Waals surface area contributed by atoms with Crippen LogP contribution in [0.25, 0.3) is 0 Å². The monoisotopic (exact) mass is 421 g/mol. The molecule has 0 aliphatic rings. The van der Waals surface area contributed by atoms with Gasteiger partial charge in [0.2, 0.25) is 0 Å². The minimum atomic E-state index is -4.00. The predicted octanol–water partition coefficient (Wildman–Crippen LogP) is 3.64. The molecule has 2 rings (SSSR count). The summed E-state index contributed by atoms with van der Waals surface area (Å²) < 4.78 is 31.5. The van der Waals surface area contributed by atoms with Crippen molar-refractivity contribution >= 4 is 40.3 Å². The zero-order valence-electron chi connectivity index (χ0n) is 15.3. The van der Waals surface area contributed by atoms with E-state index in [0.717, 1.165) is 12.0 Å². The molecule has 2 aromatic carbocycles. The number of anilines is 1. The molecule has 0 saturated heterocycles. The van der Waals surface area contributed by atoms with Gasteiger partial charge in [-0.2, -0.15) is 0 Å². The van der Waals surface area contributed by atoms with E-state index in [1.807, 2.05) is 11.6 Å². The lowest BCUT2D eigenvalue weighted by Gasteiger charge is -2.10. The standard InChI is InChI=1S/C19H21N2O5S2/c1-14-7-9-17(10-8-14)28(24,25)21-19(23)20-16-6-4-5-15(13-16)18(22)26-11-2-3-12-27/h4-10,13H,2-3,11-12H2,1H3,(H2,20,21,23). The largest absolute Gasteiger partial charge is 0.462 e. The molecule has 0 heterocycles. The van der Waals surface area contributed by atoms with Crippen molar-refractivity contribution in [2.24, 2.45) is 0 Å². The van der Waals surface area contributed by atoms with E-state index < -0.39 is 22.0 Å². The summed E-state index contributed by atoms with van der Waals surface area (Å²) in [5, 5.41) is 2.40. The first-order valence-corrected chi connectivity index (χ1v) is 10.6. The molecule has 7 nitrogen and oxygen atoms in total. The maximum Gasteiger partial charge on any atom is 0.338 e. The summed E-state index contributed by atoms with van der Waals surface area (Å²) in [6.07, 6.45) is 1.48. The number of rotatable bonds is 8. The normalized spacial score (nSPS) is 10.9. The van der Waals surface area contributed by atoms with Crippen molar-refractivity contribution in [3.8, 4) is 0 Å². The minimum Gasteiger partial charge on any atom is -0.462 e. The van der Waals surface area contributed by atoms with Crippen molar-refractivity contribution in [1.29, 1.82) is 0 Å². The Morgan fingerprint density at radius 1 is 1.07 bits per heavy atom. The van der Waals surface area contributed by atoms with Crippen molar-refractivity contribution in [3.63, 3.8) is 0 Å². The van der Waals surface area contributed by atoms with Crippen LogP contribution in [0.5, 0.6) is 0 Å². The summed E-state index contributed by atoms with van der Waals surface area (Å²) in [5.41, 5.74) is 1.41. The molecule has 0 spiro atoms. The molecule has 0 atom stereocenters. The number of sulfonamides is 1. The molecule has 0 unspecified atom stereocenters. The highest BCUT2D eigenvalue weighted by atomic mass is 32.2. The lowest BCUT2D eigenvalue weighted by molar-refractivity contribution is 0.0500. The third-order valence-electron chi connectivity index (χ3n) is 3.69. The first-order chi connectivity index (χ1) is 13.3. The van der Waals surface area contributed by atoms with Crippen molar-refractivity contribution in [2.45, 2.75) is 24.7 Å². The fourth-order valence-corrected chi connectivity index (χ4v) is 3.34. The molecule has 0 aliphatic heterocycles. The number of unbranched alkanes of at least 4 members (excludes halogenated alkanes) is 1. The van der Waals surface area contributed by atoms with Crippen LogP contribution in [-0.2, 0) is 14.8 Å². The van der Waals surface area contributed by atoms with Gasteiger partial charge >= 0.3 is 12.0 Å². The van der Waals surface area contributed by atoms with Crippen LogP contribution in [0.1, 0.15) is 28.8 Å². The number of amides is 2. The highest BCUT2D eigenvalue weighted by molar-refractivity contribution is 7.90. The van der Waals surface area contributed by atoms with Gasteiger partial charge in [0.25, 0.3) is 10.0 Å². The number of benzene rings is 2. The average Bonchev–Trinajstić information content (AvgIpc) is 2.65. The first-order valence-electron chi connectivity index (χ1n) is 8.57. The molecule has 2 N–H and O–H groups in total. The lowest BCUT2D eigenvalue weighted by Crippen LogP contribution is -2.34. The number of aryl methyl sites for hydroxylation is 1. The van der Waals surface area contributed by atoms with E-state index in [9.17, 15) is 18.0 Å². The zero-order valence-corrected chi connectivity index (χ0v) is 16.9. The van der Waals surface area contributed by atoms with Crippen LogP contribution in [-0.4, -0.2) is 32.8 Å². The predicted molar refractivity (Wildman–Crippen MR) is 109 cm³/mol. The number of carbonyl (C=O) groups is 2. The number of urea groups is 1. The molecular formula is C19H21N2O5S2. The summed E-state index contributed by atoms with van der Waals surface area (Å²) in [5.74, 6) is 0.0816. The minimum absolute atomic E-state index is 0.0235. The fraction of sp³-hybridized carbons (Fsp3) is 0.263. The van der Waals surface area contributed by atoms with E-state index in [1.54, 1.807) is 24.3 Å². The second-order valence-corrected chi connectivity index (χ2v) is 8.09. The maximum atomic E-state index is 12.2. The van der Waals surface area contributed by atoms with Crippen LogP contribution in [0.4, 0.5) is 10.5 Å². The second kappa shape index (κ2) is 10.1. The summed E-state index contributed by atoms with van der Waals surface area (Å²) in [6, 6.07) is 11.2. The van der Waals surface area contributed by atoms with E-state index in [0.29, 0.717) is 12.2 Å². The van der Waals surface area contributed by atoms with Gasteiger partial charge in [-0.25, -0.2) is 22.7 Å². The highest BCUT2D eigenvalue weighted by Crippen LogP contribution is 2.13. The van der Waals surface area contributed by atoms with Gasteiger partial charge in [-0.05, 0) is 50.1 Å². The van der Waals surface area contributed by atoms with Crippen molar-refractivity contribution < 1.29 is 22.7 Å². The third kappa shape index (κ3) is 6.58. The van der Waals surface area contributed by atoms with Gasteiger partial charge < -0.3 is 10.1 Å². The SMILES string of the molecule is Cc1ccc(S(=O)(=O)NC(=O)Nc2cccc(C(=O)OCCCC[S])c2)cc1. The Labute approximate surface area is 169 Å². The van der Waals surface area contributed by atoms with E-state index in [2.05, 4.69) is 5.32 Å². The molecule has 2 amide bonds. The molecule has 0 bridgehead atoms. The fourth-order valence-electron chi connectivity index (χ4n) is 2.23. The number of esters is 1. The smallest absolute Gasteiger partial charge is 0.338 e. The van der Waals surface area contributed by atoms with E-state index >= 15 is 0 Å². The number of carbonyl (C=O) groups excluding carboxylic acids is 2. The summed E-state index contributed by atoms with van der Waals surface area (Å²) >= 11 is 4.83. The van der Waals surface area contributed by atoms with Gasteiger partial charge in [0, 0.05) is 11.4 Å². The Morgan fingerprint density at radius 3 is 2.46 bits per heavy atom. The first kappa shape index (κ1) is 21.8. The van der Waals surface area contributed by atoms with Gasteiger partial charge in [0.1, 0.15) is 0 Å². The Bertz CT molecular complexity index is 928. The molecule has 1 radical (unpaired) electrons. The quantitative estimate of drug-likeness (QED) is 0.500. The number of nitrogens with one attached hydrogen (secondary N) is 2. The van der Waals surface area contributed by atoms with Crippen molar-refractivity contribution in [2.75, 3.05) is 17.7 Å². The summed E-state index contributed by atoms with van der Waals surface area (Å²) in [7, 11) is -4.00. The van der Waals surface area contributed by atoms with Crippen molar-refractivity contribution in [1.82, 2.24) is 4.72 Å². The van der Waals surface area contributed by atoms with Crippen LogP contribution in [0.3, 0.4) is 0 Å². The average molecular weight is 422 g/mol. The molecule has 0 aliphatic carbocycles. The Hall–Kier alpha value is -2.52. The molecule has 28 heavy (non-hydrogen) atoms. The Balaban J connectivity index is 1.98. The molecule has 2 aromatic rings. The number of hydrogen-bond acceptors (Lipinski definition) is 5. The van der Waals surface area contributed by atoms with Crippen molar-refractivity contribution in [3.05, 3.63) is 59.7 Å². The van der Waals surface area contributed by atoms with Crippen LogP contribution < -0.4 is 10.0 Å². The van der Waals surface area contributed by atoms with Gasteiger partial charge in [0.05, 0.1) is 17.1 Å². The second-order valence-electron chi connectivity index (χ2n) is 6.00. The van der Waals surface area contributed by atoms with Gasteiger partial charge in [0.15, 0.2) is 0 Å². The van der Waals surface area contributed by atoms with E-state index in [-0.39, 0.29) is 22.8 Å². The van der Waals surface area contributed by atoms with E-state index in [4.69, 9.17) is 17.4 Å². The molecule has 0 aromatic heterocycles. The Kier molecular flexibility index (Phi) is 7.89. The van der Waals surface area contributed by atoms with Crippen LogP contribution in [0.15, 0.2) is 53.4 Å². The summed E-state index contributed by atoms with van der Waals surface area (Å²) in [6.45, 7) is 2.09. The lowest BCUT2D eigenvalue weighted by atomic mass is 10.2. The zero-order chi connectivity index (χ0) is 20.6. The Morgan fingerprint density at radius 2 is 1.79 bits per heavy atom. The number of ether oxygens (including phenoxy) is 1. The van der Waals surface area contributed by atoms with Gasteiger partial charge in [-0.1, -0.05) is 36.4 Å². The number of hydrogen-bond donors (Lipinski definition) is 2. The van der Waals surface area contributed by atoms with Gasteiger partial charge in [-0.3, -0.25) is 0 Å². The van der Waals surface area contributed by atoms with Crippen LogP contribution in [0.2, 0.25) is 0 Å². The van der Waals surface area contributed by atoms with E-state index in [1.165, 1.54) is 24.3 Å².